The molecule has 0 bridgehead atoms. The minimum absolute atomic E-state index is 0.589. The molecular weight excluding hydrogens is 335 g/mol. The van der Waals surface area contributed by atoms with Gasteiger partial charge in [-0.05, 0) is 18.9 Å². The lowest BCUT2D eigenvalue weighted by molar-refractivity contribution is 0.458. The molecule has 0 atom stereocenters. The number of benzene rings is 1. The zero-order valence-corrected chi connectivity index (χ0v) is 14.8. The van der Waals surface area contributed by atoms with Gasteiger partial charge in [0.2, 0.25) is 0 Å². The molecule has 0 saturated heterocycles. The second-order valence-electron chi connectivity index (χ2n) is 5.79. The van der Waals surface area contributed by atoms with Gasteiger partial charge < -0.3 is 5.32 Å². The first kappa shape index (κ1) is 16.3. The highest BCUT2D eigenvalue weighted by molar-refractivity contribution is 7.15. The zero-order valence-electron chi connectivity index (χ0n) is 12.4. The third-order valence-corrected chi connectivity index (χ3v) is 6.02. The molecule has 118 valence electrons. The highest BCUT2D eigenvalue weighted by Gasteiger charge is 2.14. The van der Waals surface area contributed by atoms with Crippen LogP contribution in [0.25, 0.3) is 10.4 Å². The Kier molecular flexibility index (Phi) is 5.75. The number of halogens is 2. The average molecular weight is 355 g/mol. The van der Waals surface area contributed by atoms with Crippen LogP contribution < -0.4 is 5.32 Å². The van der Waals surface area contributed by atoms with Crippen molar-refractivity contribution in [1.82, 2.24) is 10.3 Å². The van der Waals surface area contributed by atoms with Crippen molar-refractivity contribution < 1.29 is 0 Å². The van der Waals surface area contributed by atoms with Gasteiger partial charge in [-0.1, -0.05) is 61.0 Å². The topological polar surface area (TPSA) is 24.9 Å². The van der Waals surface area contributed by atoms with E-state index in [4.69, 9.17) is 23.2 Å². The van der Waals surface area contributed by atoms with Gasteiger partial charge in [0.1, 0.15) is 5.01 Å². The number of aromatic nitrogens is 1. The van der Waals surface area contributed by atoms with Crippen LogP contribution in [0.4, 0.5) is 0 Å². The zero-order chi connectivity index (χ0) is 15.4. The van der Waals surface area contributed by atoms with Gasteiger partial charge >= 0.3 is 0 Å². The van der Waals surface area contributed by atoms with E-state index in [0.29, 0.717) is 16.1 Å². The molecule has 1 N–H and O–H groups in total. The van der Waals surface area contributed by atoms with Crippen molar-refractivity contribution in [2.75, 3.05) is 0 Å². The molecule has 2 nitrogen and oxygen atoms in total. The lowest BCUT2D eigenvalue weighted by atomic mass is 10.1. The molecule has 1 fully saturated rings. The molecule has 3 rings (SSSR count). The van der Waals surface area contributed by atoms with Crippen LogP contribution in [0.3, 0.4) is 0 Å². The number of rotatable bonds is 4. The quantitative estimate of drug-likeness (QED) is 0.688. The average Bonchev–Trinajstić information content (AvgIpc) is 2.83. The van der Waals surface area contributed by atoms with Gasteiger partial charge in [0.05, 0.1) is 14.9 Å². The summed E-state index contributed by atoms with van der Waals surface area (Å²) < 4.78 is 0. The molecule has 0 radical (unpaired) electrons. The summed E-state index contributed by atoms with van der Waals surface area (Å²) in [5, 5.41) is 5.96. The Hall–Kier alpha value is -0.610. The van der Waals surface area contributed by atoms with Crippen LogP contribution in [0.15, 0.2) is 24.4 Å². The van der Waals surface area contributed by atoms with Crippen LogP contribution in [0.5, 0.6) is 0 Å². The summed E-state index contributed by atoms with van der Waals surface area (Å²) in [7, 11) is 0. The number of thiazole rings is 1. The highest BCUT2D eigenvalue weighted by atomic mass is 35.5. The SMILES string of the molecule is Clc1cccc(-c2cnc(CNC3CCCCCC3)s2)c1Cl. The van der Waals surface area contributed by atoms with Gasteiger partial charge in [0.25, 0.3) is 0 Å². The molecule has 0 spiro atoms. The predicted octanol–water partition coefficient (Wildman–Crippen LogP) is 5.93. The monoisotopic (exact) mass is 354 g/mol. The van der Waals surface area contributed by atoms with Gasteiger partial charge in [0, 0.05) is 24.3 Å². The summed E-state index contributed by atoms with van der Waals surface area (Å²) in [6.07, 6.45) is 9.93. The van der Waals surface area contributed by atoms with Gasteiger partial charge in [0.15, 0.2) is 0 Å². The maximum Gasteiger partial charge on any atom is 0.107 e. The molecular formula is C17H20Cl2N2S. The van der Waals surface area contributed by atoms with Crippen molar-refractivity contribution in [1.29, 1.82) is 0 Å². The number of hydrogen-bond acceptors (Lipinski definition) is 3. The fourth-order valence-corrected chi connectivity index (χ4v) is 4.28. The Labute approximate surface area is 145 Å². The van der Waals surface area contributed by atoms with Crippen LogP contribution in [-0.4, -0.2) is 11.0 Å². The summed E-state index contributed by atoms with van der Waals surface area (Å²) in [6, 6.07) is 6.37. The van der Waals surface area contributed by atoms with E-state index in [2.05, 4.69) is 10.3 Å². The number of nitrogens with zero attached hydrogens (tertiary/aromatic N) is 1. The lowest BCUT2D eigenvalue weighted by Crippen LogP contribution is -2.27. The third-order valence-electron chi connectivity index (χ3n) is 4.17. The van der Waals surface area contributed by atoms with Crippen molar-refractivity contribution in [2.24, 2.45) is 0 Å². The molecule has 1 heterocycles. The Balaban J connectivity index is 1.65. The Morgan fingerprint density at radius 2 is 1.91 bits per heavy atom. The molecule has 1 aromatic carbocycles. The van der Waals surface area contributed by atoms with Crippen molar-refractivity contribution in [2.45, 2.75) is 51.1 Å². The van der Waals surface area contributed by atoms with E-state index >= 15 is 0 Å². The van der Waals surface area contributed by atoms with E-state index < -0.39 is 0 Å². The van der Waals surface area contributed by atoms with E-state index in [1.165, 1.54) is 38.5 Å². The first-order valence-corrected chi connectivity index (χ1v) is 9.44. The minimum atomic E-state index is 0.589. The number of hydrogen-bond donors (Lipinski definition) is 1. The predicted molar refractivity (Wildman–Crippen MR) is 95.9 cm³/mol. The van der Waals surface area contributed by atoms with Crippen LogP contribution in [0, 0.1) is 0 Å². The summed E-state index contributed by atoms with van der Waals surface area (Å²) >= 11 is 14.1. The Bertz CT molecular complexity index is 619. The Morgan fingerprint density at radius 1 is 1.14 bits per heavy atom. The normalized spacial score (nSPS) is 16.6. The summed E-state index contributed by atoms with van der Waals surface area (Å²) in [6.45, 7) is 0.841. The third kappa shape index (κ3) is 4.02. The molecule has 1 aliphatic rings. The molecule has 1 aromatic heterocycles. The van der Waals surface area contributed by atoms with Gasteiger partial charge in [-0.25, -0.2) is 4.98 Å². The van der Waals surface area contributed by atoms with E-state index in [1.807, 2.05) is 24.4 Å². The van der Waals surface area contributed by atoms with Crippen LogP contribution in [-0.2, 0) is 6.54 Å². The van der Waals surface area contributed by atoms with E-state index in [9.17, 15) is 0 Å². The number of nitrogens with one attached hydrogen (secondary N) is 1. The maximum absolute atomic E-state index is 6.29. The highest BCUT2D eigenvalue weighted by Crippen LogP contribution is 2.36. The summed E-state index contributed by atoms with van der Waals surface area (Å²) in [5.74, 6) is 0. The smallest absolute Gasteiger partial charge is 0.107 e. The van der Waals surface area contributed by atoms with Crippen LogP contribution >= 0.6 is 34.5 Å². The van der Waals surface area contributed by atoms with E-state index in [1.54, 1.807) is 11.3 Å². The fraction of sp³-hybridized carbons (Fsp3) is 0.471. The first-order chi connectivity index (χ1) is 10.7. The van der Waals surface area contributed by atoms with Crippen LogP contribution in [0.1, 0.15) is 43.5 Å². The maximum atomic E-state index is 6.29. The molecule has 2 aromatic rings. The van der Waals surface area contributed by atoms with Gasteiger partial charge in [-0.2, -0.15) is 0 Å². The van der Waals surface area contributed by atoms with Gasteiger partial charge in [-0.3, -0.25) is 0 Å². The molecule has 0 aliphatic heterocycles. The van der Waals surface area contributed by atoms with Crippen molar-refractivity contribution in [3.63, 3.8) is 0 Å². The standard InChI is InChI=1S/C17H20Cl2N2S/c18-14-9-5-8-13(17(14)19)15-10-21-16(22-15)11-20-12-6-3-1-2-4-7-12/h5,8-10,12,20H,1-4,6-7,11H2. The molecule has 0 amide bonds. The summed E-state index contributed by atoms with van der Waals surface area (Å²) in [4.78, 5) is 5.60. The van der Waals surface area contributed by atoms with Crippen molar-refractivity contribution in [3.05, 3.63) is 39.4 Å². The first-order valence-electron chi connectivity index (χ1n) is 7.86. The molecule has 1 aliphatic carbocycles. The van der Waals surface area contributed by atoms with Crippen molar-refractivity contribution >= 4 is 34.5 Å². The fourth-order valence-electron chi connectivity index (χ4n) is 2.93. The summed E-state index contributed by atoms with van der Waals surface area (Å²) in [5.41, 5.74) is 0.965. The molecule has 1 saturated carbocycles. The second-order valence-corrected chi connectivity index (χ2v) is 7.69. The molecule has 0 unspecified atom stereocenters. The minimum Gasteiger partial charge on any atom is -0.308 e. The van der Waals surface area contributed by atoms with E-state index in [-0.39, 0.29) is 0 Å². The van der Waals surface area contributed by atoms with Crippen molar-refractivity contribution in [3.8, 4) is 10.4 Å². The second kappa shape index (κ2) is 7.78. The van der Waals surface area contributed by atoms with Crippen LogP contribution in [0.2, 0.25) is 10.0 Å². The lowest BCUT2D eigenvalue weighted by Gasteiger charge is -2.14. The molecule has 5 heteroatoms. The van der Waals surface area contributed by atoms with E-state index in [0.717, 1.165) is 22.0 Å². The van der Waals surface area contributed by atoms with Gasteiger partial charge in [-0.15, -0.1) is 11.3 Å². The largest absolute Gasteiger partial charge is 0.308 e. The Morgan fingerprint density at radius 3 is 2.68 bits per heavy atom. The molecule has 22 heavy (non-hydrogen) atoms.